The molecule has 0 saturated heterocycles. The monoisotopic (exact) mass is 288 g/mol. The maximum atomic E-state index is 5.81. The molecule has 3 rings (SSSR count). The highest BCUT2D eigenvalue weighted by Gasteiger charge is 2.05. The number of rotatable bonds is 3. The Hall–Kier alpha value is -2.74. The van der Waals surface area contributed by atoms with Crippen LogP contribution in [-0.2, 0) is 0 Å². The Morgan fingerprint density at radius 3 is 2.75 bits per heavy atom. The third-order valence-electron chi connectivity index (χ3n) is 2.32. The molecule has 9 heteroatoms. The zero-order valence-corrected chi connectivity index (χ0v) is 10.9. The van der Waals surface area contributed by atoms with Crippen molar-refractivity contribution in [3.8, 4) is 5.95 Å². The van der Waals surface area contributed by atoms with Gasteiger partial charge in [-0.25, -0.2) is 19.6 Å². The minimum absolute atomic E-state index is 0.0961. The molecule has 8 nitrogen and oxygen atoms in total. The number of halogens is 1. The molecule has 0 atom stereocenters. The van der Waals surface area contributed by atoms with Crippen LogP contribution in [0.1, 0.15) is 0 Å². The van der Waals surface area contributed by atoms with Gasteiger partial charge in [0.25, 0.3) is 0 Å². The topological polar surface area (TPSA) is 107 Å². The average molecular weight is 289 g/mol. The van der Waals surface area contributed by atoms with Gasteiger partial charge in [-0.05, 0) is 6.07 Å². The van der Waals surface area contributed by atoms with Crippen LogP contribution in [0.5, 0.6) is 0 Å². The van der Waals surface area contributed by atoms with Gasteiger partial charge in [0.2, 0.25) is 11.9 Å². The van der Waals surface area contributed by atoms with Crippen LogP contribution in [0.4, 0.5) is 17.5 Å². The van der Waals surface area contributed by atoms with Crippen molar-refractivity contribution in [1.82, 2.24) is 29.7 Å². The molecular weight excluding hydrogens is 280 g/mol. The summed E-state index contributed by atoms with van der Waals surface area (Å²) in [4.78, 5) is 16.0. The van der Waals surface area contributed by atoms with Crippen LogP contribution in [0.25, 0.3) is 5.95 Å². The summed E-state index contributed by atoms with van der Waals surface area (Å²) in [6, 6.07) is 3.30. The molecule has 0 amide bonds. The second-order valence-electron chi connectivity index (χ2n) is 3.78. The molecular formula is C11H9ClN8. The number of anilines is 3. The SMILES string of the molecule is Nc1nc(Cl)cc(Nc2cnn(-c3ncccn3)c2)n1. The van der Waals surface area contributed by atoms with Crippen LogP contribution in [0.3, 0.4) is 0 Å². The van der Waals surface area contributed by atoms with Crippen molar-refractivity contribution in [3.05, 3.63) is 42.1 Å². The second kappa shape index (κ2) is 5.10. The predicted molar refractivity (Wildman–Crippen MR) is 73.9 cm³/mol. The standard InChI is InChI=1S/C11H9ClN8/c12-8-4-9(19-10(13)18-8)17-7-5-16-20(6-7)11-14-2-1-3-15-11/h1-6H,(H3,13,17,18,19). The normalized spacial score (nSPS) is 10.4. The number of nitrogen functional groups attached to an aromatic ring is 1. The number of aromatic nitrogens is 6. The van der Waals surface area contributed by atoms with Gasteiger partial charge in [0.1, 0.15) is 11.0 Å². The van der Waals surface area contributed by atoms with Crippen LogP contribution < -0.4 is 11.1 Å². The minimum Gasteiger partial charge on any atom is -0.368 e. The lowest BCUT2D eigenvalue weighted by atomic mass is 10.5. The number of hydrogen-bond acceptors (Lipinski definition) is 7. The van der Waals surface area contributed by atoms with Crippen molar-refractivity contribution in [3.63, 3.8) is 0 Å². The van der Waals surface area contributed by atoms with E-state index in [0.29, 0.717) is 17.5 Å². The second-order valence-corrected chi connectivity index (χ2v) is 4.17. The highest BCUT2D eigenvalue weighted by molar-refractivity contribution is 6.29. The zero-order chi connectivity index (χ0) is 13.9. The first-order valence-electron chi connectivity index (χ1n) is 5.60. The molecule has 0 radical (unpaired) electrons. The fraction of sp³-hybridized carbons (Fsp3) is 0. The van der Waals surface area contributed by atoms with Gasteiger partial charge >= 0.3 is 0 Å². The van der Waals surface area contributed by atoms with Crippen LogP contribution in [0.15, 0.2) is 36.9 Å². The van der Waals surface area contributed by atoms with Crippen LogP contribution >= 0.6 is 11.6 Å². The average Bonchev–Trinajstić information content (AvgIpc) is 2.87. The highest BCUT2D eigenvalue weighted by atomic mass is 35.5. The van der Waals surface area contributed by atoms with E-state index >= 15 is 0 Å². The Kier molecular flexibility index (Phi) is 3.13. The molecule has 3 aromatic rings. The number of nitrogens with zero attached hydrogens (tertiary/aromatic N) is 6. The van der Waals surface area contributed by atoms with E-state index in [9.17, 15) is 0 Å². The summed E-state index contributed by atoms with van der Waals surface area (Å²) < 4.78 is 1.54. The number of nitrogens with two attached hydrogens (primary N) is 1. The molecule has 100 valence electrons. The van der Waals surface area contributed by atoms with E-state index in [1.165, 1.54) is 4.68 Å². The third kappa shape index (κ3) is 2.64. The predicted octanol–water partition coefficient (Wildman–Crippen LogP) is 1.43. The van der Waals surface area contributed by atoms with Gasteiger partial charge in [-0.2, -0.15) is 10.1 Å². The summed E-state index contributed by atoms with van der Waals surface area (Å²) in [5.74, 6) is 1.05. The van der Waals surface area contributed by atoms with Gasteiger partial charge in [-0.1, -0.05) is 11.6 Å². The first-order chi connectivity index (χ1) is 9.70. The largest absolute Gasteiger partial charge is 0.368 e. The van der Waals surface area contributed by atoms with Gasteiger partial charge in [0.15, 0.2) is 0 Å². The van der Waals surface area contributed by atoms with E-state index in [2.05, 4.69) is 30.4 Å². The van der Waals surface area contributed by atoms with Gasteiger partial charge in [-0.15, -0.1) is 0 Å². The maximum Gasteiger partial charge on any atom is 0.250 e. The summed E-state index contributed by atoms with van der Waals surface area (Å²) in [5.41, 5.74) is 6.22. The Balaban J connectivity index is 1.84. The molecule has 0 spiro atoms. The van der Waals surface area contributed by atoms with Gasteiger partial charge in [0, 0.05) is 18.5 Å². The lowest BCUT2D eigenvalue weighted by molar-refractivity contribution is 0.808. The van der Waals surface area contributed by atoms with Gasteiger partial charge < -0.3 is 11.1 Å². The Morgan fingerprint density at radius 1 is 1.20 bits per heavy atom. The summed E-state index contributed by atoms with van der Waals surface area (Å²) in [5, 5.41) is 7.43. The Bertz CT molecular complexity index is 706. The molecule has 3 heterocycles. The maximum absolute atomic E-state index is 5.81. The molecule has 0 bridgehead atoms. The summed E-state index contributed by atoms with van der Waals surface area (Å²) in [6.45, 7) is 0. The number of hydrogen-bond donors (Lipinski definition) is 2. The molecule has 0 aliphatic carbocycles. The van der Waals surface area contributed by atoms with Crippen molar-refractivity contribution < 1.29 is 0 Å². The van der Waals surface area contributed by atoms with Crippen molar-refractivity contribution in [2.24, 2.45) is 0 Å². The molecule has 0 saturated carbocycles. The van der Waals surface area contributed by atoms with Crippen LogP contribution in [0, 0.1) is 0 Å². The molecule has 3 N–H and O–H groups in total. The molecule has 3 aromatic heterocycles. The molecule has 20 heavy (non-hydrogen) atoms. The van der Waals surface area contributed by atoms with Gasteiger partial charge in [-0.3, -0.25) is 0 Å². The van der Waals surface area contributed by atoms with E-state index in [1.807, 2.05) is 0 Å². The smallest absolute Gasteiger partial charge is 0.250 e. The quantitative estimate of drug-likeness (QED) is 0.702. The van der Waals surface area contributed by atoms with Crippen LogP contribution in [-0.4, -0.2) is 29.7 Å². The van der Waals surface area contributed by atoms with Crippen LogP contribution in [0.2, 0.25) is 5.15 Å². The van der Waals surface area contributed by atoms with E-state index in [1.54, 1.807) is 36.9 Å². The van der Waals surface area contributed by atoms with Crippen molar-refractivity contribution >= 4 is 29.1 Å². The van der Waals surface area contributed by atoms with Gasteiger partial charge in [0.05, 0.1) is 18.1 Å². The summed E-state index contributed by atoms with van der Waals surface area (Å²) in [6.07, 6.45) is 6.62. The molecule has 0 aliphatic rings. The summed E-state index contributed by atoms with van der Waals surface area (Å²) in [7, 11) is 0. The van der Waals surface area contributed by atoms with Crippen molar-refractivity contribution in [2.75, 3.05) is 11.1 Å². The minimum atomic E-state index is 0.0961. The Labute approximate surface area is 118 Å². The zero-order valence-electron chi connectivity index (χ0n) is 10.1. The first kappa shape index (κ1) is 12.3. The lowest BCUT2D eigenvalue weighted by Crippen LogP contribution is -2.00. The van der Waals surface area contributed by atoms with E-state index < -0.39 is 0 Å². The van der Waals surface area contributed by atoms with E-state index in [-0.39, 0.29) is 11.1 Å². The number of nitrogens with one attached hydrogen (secondary N) is 1. The molecule has 0 fully saturated rings. The fourth-order valence-electron chi connectivity index (χ4n) is 1.55. The Morgan fingerprint density at radius 2 is 2.00 bits per heavy atom. The van der Waals surface area contributed by atoms with Crippen molar-refractivity contribution in [1.29, 1.82) is 0 Å². The molecule has 0 aromatic carbocycles. The van der Waals surface area contributed by atoms with E-state index in [0.717, 1.165) is 0 Å². The highest BCUT2D eigenvalue weighted by Crippen LogP contribution is 2.18. The first-order valence-corrected chi connectivity index (χ1v) is 5.98. The fourth-order valence-corrected chi connectivity index (χ4v) is 1.74. The molecule has 0 unspecified atom stereocenters. The van der Waals surface area contributed by atoms with E-state index in [4.69, 9.17) is 17.3 Å². The van der Waals surface area contributed by atoms with Crippen molar-refractivity contribution in [2.45, 2.75) is 0 Å². The summed E-state index contributed by atoms with van der Waals surface area (Å²) >= 11 is 5.81. The third-order valence-corrected chi connectivity index (χ3v) is 2.52. The molecule has 0 aliphatic heterocycles. The lowest BCUT2D eigenvalue weighted by Gasteiger charge is -2.03.